The summed E-state index contributed by atoms with van der Waals surface area (Å²) in [5.74, 6) is 6.84. The molecule has 0 radical (unpaired) electrons. The number of hydrogen-bond donors (Lipinski definition) is 0. The molecule has 0 aliphatic heterocycles. The minimum Gasteiger partial charge on any atom is -0.335 e. The zero-order valence-corrected chi connectivity index (χ0v) is 46.1. The van der Waals surface area contributed by atoms with Crippen LogP contribution in [0.3, 0.4) is 0 Å². The van der Waals surface area contributed by atoms with Crippen molar-refractivity contribution < 1.29 is 0 Å². The predicted molar refractivity (Wildman–Crippen MR) is 289 cm³/mol. The fourth-order valence-electron chi connectivity index (χ4n) is 6.84. The van der Waals surface area contributed by atoms with Gasteiger partial charge in [-0.2, -0.15) is 15.3 Å². The van der Waals surface area contributed by atoms with Gasteiger partial charge in [-0.25, -0.2) is 19.9 Å². The van der Waals surface area contributed by atoms with E-state index in [0.717, 1.165) is 74.8 Å². The van der Waals surface area contributed by atoms with E-state index in [1.807, 2.05) is 64.9 Å². The Labute approximate surface area is 418 Å². The fraction of sp³-hybridized carbons (Fsp3) is 0.625. The SMILES string of the molecule is CC(C)CCn1cccn1.CC(C)CCn1cnc2ccccc21.CC(C)CCn1cncn1.CC(C)Cc1nccn1C(C)C.CCCn1ccnc1CC(C)C.Cc1ccnn1CCC(C)C. The maximum atomic E-state index is 4.36. The highest BCUT2D eigenvalue weighted by Gasteiger charge is 2.08. The fourth-order valence-corrected chi connectivity index (χ4v) is 6.84. The minimum atomic E-state index is 0.529. The predicted octanol–water partition coefficient (Wildman–Crippen LogP) is 13.7. The Morgan fingerprint density at radius 3 is 1.62 bits per heavy atom. The van der Waals surface area contributed by atoms with Gasteiger partial charge in [0.1, 0.15) is 24.3 Å². The Hall–Kier alpha value is -5.33. The van der Waals surface area contributed by atoms with Crippen molar-refractivity contribution in [2.45, 2.75) is 194 Å². The van der Waals surface area contributed by atoms with E-state index in [1.165, 1.54) is 55.0 Å². The van der Waals surface area contributed by atoms with Crippen LogP contribution in [-0.4, -0.2) is 63.0 Å². The highest BCUT2D eigenvalue weighted by molar-refractivity contribution is 5.74. The first-order valence-electron chi connectivity index (χ1n) is 26.1. The first-order valence-corrected chi connectivity index (χ1v) is 26.1. The Kier molecular flexibility index (Phi) is 29.5. The molecular formula is C56H95N13. The molecular weight excluding hydrogens is 855 g/mol. The van der Waals surface area contributed by atoms with Crippen molar-refractivity contribution in [1.29, 1.82) is 0 Å². The normalized spacial score (nSPS) is 11.1. The van der Waals surface area contributed by atoms with Crippen LogP contribution in [0.25, 0.3) is 11.0 Å². The second kappa shape index (κ2) is 34.0. The number of para-hydroxylation sites is 2. The molecule has 0 unspecified atom stereocenters. The topological polar surface area (TPSA) is 120 Å². The zero-order chi connectivity index (χ0) is 51.1. The second-order valence-corrected chi connectivity index (χ2v) is 20.9. The molecule has 0 spiro atoms. The summed E-state index contributed by atoms with van der Waals surface area (Å²) in [4.78, 5) is 16.9. The molecule has 13 heteroatoms. The first-order chi connectivity index (χ1) is 32.9. The molecule has 0 aliphatic carbocycles. The van der Waals surface area contributed by atoms with Crippen LogP contribution in [0.5, 0.6) is 0 Å². The van der Waals surface area contributed by atoms with Crippen molar-refractivity contribution in [3.8, 4) is 0 Å². The van der Waals surface area contributed by atoms with Gasteiger partial charge in [-0.1, -0.05) is 102 Å². The van der Waals surface area contributed by atoms with Crippen molar-refractivity contribution in [2.24, 2.45) is 35.5 Å². The van der Waals surface area contributed by atoms with Crippen molar-refractivity contribution in [3.05, 3.63) is 116 Å². The van der Waals surface area contributed by atoms with Crippen LogP contribution in [0.15, 0.2) is 98.8 Å². The second-order valence-electron chi connectivity index (χ2n) is 20.9. The highest BCUT2D eigenvalue weighted by Crippen LogP contribution is 2.14. The third-order valence-electron chi connectivity index (χ3n) is 11.0. The van der Waals surface area contributed by atoms with Crippen molar-refractivity contribution in [1.82, 2.24) is 63.0 Å². The third-order valence-corrected chi connectivity index (χ3v) is 11.0. The van der Waals surface area contributed by atoms with E-state index >= 15 is 0 Å². The average molecular weight is 950 g/mol. The van der Waals surface area contributed by atoms with Gasteiger partial charge in [0.25, 0.3) is 0 Å². The lowest BCUT2D eigenvalue weighted by Crippen LogP contribution is -2.07. The number of benzene rings is 1. The summed E-state index contributed by atoms with van der Waals surface area (Å²) in [6.07, 6.45) is 27.0. The summed E-state index contributed by atoms with van der Waals surface area (Å²) in [5, 5.41) is 12.3. The van der Waals surface area contributed by atoms with Crippen LogP contribution in [0.1, 0.15) is 159 Å². The van der Waals surface area contributed by atoms with E-state index in [1.54, 1.807) is 12.7 Å². The van der Waals surface area contributed by atoms with Crippen LogP contribution in [-0.2, 0) is 45.6 Å². The summed E-state index contributed by atoms with van der Waals surface area (Å²) in [6.45, 7) is 40.6. The number of rotatable bonds is 19. The van der Waals surface area contributed by atoms with E-state index < -0.39 is 0 Å². The quantitative estimate of drug-likeness (QED) is 0.0792. The number of fused-ring (bicyclic) bond motifs is 1. The maximum absolute atomic E-state index is 4.36. The van der Waals surface area contributed by atoms with Gasteiger partial charge < -0.3 is 13.7 Å². The number of aryl methyl sites for hydroxylation is 6. The third kappa shape index (κ3) is 26.3. The highest BCUT2D eigenvalue weighted by atomic mass is 15.3. The molecule has 0 aliphatic rings. The van der Waals surface area contributed by atoms with Gasteiger partial charge in [-0.05, 0) is 113 Å². The molecule has 6 heterocycles. The van der Waals surface area contributed by atoms with E-state index in [9.17, 15) is 0 Å². The lowest BCUT2D eigenvalue weighted by Gasteiger charge is -2.12. The van der Waals surface area contributed by atoms with E-state index in [2.05, 4.69) is 195 Å². The summed E-state index contributed by atoms with van der Waals surface area (Å²) in [5.41, 5.74) is 3.59. The molecule has 0 N–H and O–H groups in total. The Morgan fingerprint density at radius 1 is 0.478 bits per heavy atom. The van der Waals surface area contributed by atoms with E-state index in [-0.39, 0.29) is 0 Å². The molecule has 0 atom stereocenters. The van der Waals surface area contributed by atoms with Crippen molar-refractivity contribution >= 4 is 11.0 Å². The number of nitrogens with zero attached hydrogens (tertiary/aromatic N) is 13. The Morgan fingerprint density at radius 2 is 1.07 bits per heavy atom. The molecule has 0 amide bonds. The first kappa shape index (κ1) is 59.8. The van der Waals surface area contributed by atoms with Gasteiger partial charge in [-0.3, -0.25) is 14.0 Å². The zero-order valence-electron chi connectivity index (χ0n) is 46.1. The van der Waals surface area contributed by atoms with Gasteiger partial charge in [-0.15, -0.1) is 0 Å². The molecule has 0 bridgehead atoms. The molecule has 384 valence electrons. The summed E-state index contributed by atoms with van der Waals surface area (Å²) in [7, 11) is 0. The lowest BCUT2D eigenvalue weighted by atomic mass is 10.1. The molecule has 7 aromatic rings. The summed E-state index contributed by atoms with van der Waals surface area (Å²) < 4.78 is 12.6. The van der Waals surface area contributed by atoms with Crippen LogP contribution in [0.2, 0.25) is 0 Å². The number of imidazole rings is 3. The molecule has 0 saturated carbocycles. The smallest absolute Gasteiger partial charge is 0.137 e. The minimum absolute atomic E-state index is 0.529. The number of hydrogen-bond acceptors (Lipinski definition) is 7. The molecule has 69 heavy (non-hydrogen) atoms. The summed E-state index contributed by atoms with van der Waals surface area (Å²) in [6, 6.07) is 12.8. The van der Waals surface area contributed by atoms with Crippen LogP contribution < -0.4 is 0 Å². The van der Waals surface area contributed by atoms with Crippen LogP contribution in [0.4, 0.5) is 0 Å². The Balaban J connectivity index is 0.000000285. The lowest BCUT2D eigenvalue weighted by molar-refractivity contribution is 0.480. The van der Waals surface area contributed by atoms with E-state index in [0.29, 0.717) is 17.9 Å². The van der Waals surface area contributed by atoms with Crippen LogP contribution in [0, 0.1) is 42.4 Å². The van der Waals surface area contributed by atoms with Gasteiger partial charge in [0.2, 0.25) is 0 Å². The number of aromatic nitrogens is 13. The van der Waals surface area contributed by atoms with E-state index in [4.69, 9.17) is 0 Å². The monoisotopic (exact) mass is 950 g/mol. The van der Waals surface area contributed by atoms with Gasteiger partial charge in [0.15, 0.2) is 0 Å². The molecule has 6 aromatic heterocycles. The summed E-state index contributed by atoms with van der Waals surface area (Å²) >= 11 is 0. The van der Waals surface area contributed by atoms with Crippen molar-refractivity contribution in [2.75, 3.05) is 0 Å². The average Bonchev–Trinajstić information content (AvgIpc) is 4.16. The van der Waals surface area contributed by atoms with Gasteiger partial charge in [0.05, 0.1) is 17.4 Å². The van der Waals surface area contributed by atoms with Crippen LogP contribution >= 0.6 is 0 Å². The Bertz CT molecular complexity index is 2190. The molecule has 7 rings (SSSR count). The standard InChI is InChI=1S/C12H16N2.2C10H18N2.C9H16N2.C8H14N2.C7H13N3/c1-10(2)7-8-14-9-13-11-5-3-4-6-12(11)14;1-8(2)7-10-11-5-6-12(10)9(3)4;1-4-6-12-7-5-11-10(12)8-9(2)3;1-8(2)5-7-11-9(3)4-6-10-11;1-8(2)4-7-10-6-3-5-9-10;1-7(2)3-4-10-6-8-5-9-10/h3-6,9-10H,7-8H2,1-2H3;5-6,8-9H,7H2,1-4H3;5,7,9H,4,6,8H2,1-3H3;4,6,8H,5,7H2,1-3H3;3,5-6,8H,4,7H2,1-2H3;5-7H,3-4H2,1-2H3. The largest absolute Gasteiger partial charge is 0.335 e. The van der Waals surface area contributed by atoms with Gasteiger partial charge >= 0.3 is 0 Å². The van der Waals surface area contributed by atoms with Crippen molar-refractivity contribution in [3.63, 3.8) is 0 Å². The molecule has 0 saturated heterocycles. The molecule has 1 aromatic carbocycles. The maximum Gasteiger partial charge on any atom is 0.137 e. The van der Waals surface area contributed by atoms with Gasteiger partial charge in [0, 0.05) is 101 Å². The molecule has 13 nitrogen and oxygen atoms in total. The molecule has 0 fully saturated rings.